The fraction of sp³-hybridized carbons (Fsp3) is 0.0476. The lowest BCUT2D eigenvalue weighted by atomic mass is 10.0. The van der Waals surface area contributed by atoms with Crippen LogP contribution < -0.4 is 10.1 Å². The first-order valence-electron chi connectivity index (χ1n) is 7.85. The molecule has 0 aliphatic carbocycles. The Morgan fingerprint density at radius 2 is 1.77 bits per heavy atom. The molecule has 1 N–H and O–H groups in total. The Balaban J connectivity index is 1.85. The molecule has 1 amide bonds. The molecule has 0 saturated carbocycles. The van der Waals surface area contributed by atoms with Crippen molar-refractivity contribution >= 4 is 40.0 Å². The molecule has 0 bridgehead atoms. The number of rotatable bonds is 4. The molecule has 0 aliphatic heterocycles. The van der Waals surface area contributed by atoms with Crippen LogP contribution in [0.15, 0.2) is 66.2 Å². The molecule has 3 aromatic rings. The van der Waals surface area contributed by atoms with E-state index in [-0.39, 0.29) is 5.57 Å². The van der Waals surface area contributed by atoms with E-state index in [1.807, 2.05) is 42.5 Å². The van der Waals surface area contributed by atoms with Gasteiger partial charge in [-0.3, -0.25) is 4.79 Å². The molecule has 5 heteroatoms. The van der Waals surface area contributed by atoms with Crippen LogP contribution in [0.25, 0.3) is 16.8 Å². The topological polar surface area (TPSA) is 62.1 Å². The van der Waals surface area contributed by atoms with Crippen LogP contribution in [0.5, 0.6) is 5.75 Å². The van der Waals surface area contributed by atoms with E-state index in [2.05, 4.69) is 5.32 Å². The van der Waals surface area contributed by atoms with E-state index in [4.69, 9.17) is 16.3 Å². The molecule has 0 heterocycles. The highest BCUT2D eigenvalue weighted by Crippen LogP contribution is 2.23. The Labute approximate surface area is 156 Å². The molecule has 26 heavy (non-hydrogen) atoms. The fourth-order valence-electron chi connectivity index (χ4n) is 2.51. The van der Waals surface area contributed by atoms with Gasteiger partial charge >= 0.3 is 0 Å². The Kier molecular flexibility index (Phi) is 5.21. The first-order chi connectivity index (χ1) is 12.6. The Morgan fingerprint density at radius 1 is 1.08 bits per heavy atom. The van der Waals surface area contributed by atoms with Crippen molar-refractivity contribution in [2.24, 2.45) is 0 Å². The lowest BCUT2D eigenvalue weighted by molar-refractivity contribution is -0.112. The molecule has 0 spiro atoms. The van der Waals surface area contributed by atoms with Crippen LogP contribution >= 0.6 is 11.6 Å². The van der Waals surface area contributed by atoms with Crippen LogP contribution in [0.3, 0.4) is 0 Å². The monoisotopic (exact) mass is 362 g/mol. The highest BCUT2D eigenvalue weighted by atomic mass is 35.5. The van der Waals surface area contributed by atoms with Crippen molar-refractivity contribution in [2.45, 2.75) is 0 Å². The predicted molar refractivity (Wildman–Crippen MR) is 104 cm³/mol. The number of nitriles is 1. The number of anilines is 1. The normalized spacial score (nSPS) is 11.0. The molecule has 3 rings (SSSR count). The molecular formula is C21H15ClN2O2. The lowest BCUT2D eigenvalue weighted by Crippen LogP contribution is -2.13. The van der Waals surface area contributed by atoms with Gasteiger partial charge in [0.05, 0.1) is 7.11 Å². The van der Waals surface area contributed by atoms with Gasteiger partial charge in [-0.15, -0.1) is 0 Å². The number of fused-ring (bicyclic) bond motifs is 1. The molecule has 0 radical (unpaired) electrons. The molecule has 4 nitrogen and oxygen atoms in total. The molecule has 0 atom stereocenters. The summed E-state index contributed by atoms with van der Waals surface area (Å²) >= 11 is 5.83. The summed E-state index contributed by atoms with van der Waals surface area (Å²) < 4.78 is 5.21. The number of ether oxygens (including phenoxy) is 1. The van der Waals surface area contributed by atoms with E-state index in [1.165, 1.54) is 0 Å². The summed E-state index contributed by atoms with van der Waals surface area (Å²) in [5.41, 5.74) is 1.37. The number of nitrogens with one attached hydrogen (secondary N) is 1. The molecule has 0 fully saturated rings. The Bertz CT molecular complexity index is 1030. The number of hydrogen-bond acceptors (Lipinski definition) is 3. The highest BCUT2D eigenvalue weighted by molar-refractivity contribution is 6.30. The van der Waals surface area contributed by atoms with Crippen LogP contribution in [0.2, 0.25) is 5.02 Å². The predicted octanol–water partition coefficient (Wildman–Crippen LogP) is 5.05. The zero-order chi connectivity index (χ0) is 18.5. The van der Waals surface area contributed by atoms with Crippen LogP contribution in [0.4, 0.5) is 5.69 Å². The lowest BCUT2D eigenvalue weighted by Gasteiger charge is -2.06. The van der Waals surface area contributed by atoms with Crippen molar-refractivity contribution in [1.29, 1.82) is 5.26 Å². The number of benzene rings is 3. The Hall–Kier alpha value is -3.29. The quantitative estimate of drug-likeness (QED) is 0.522. The summed E-state index contributed by atoms with van der Waals surface area (Å²) in [5.74, 6) is 0.311. The molecule has 0 saturated heterocycles. The maximum absolute atomic E-state index is 12.3. The number of halogens is 1. The van der Waals surface area contributed by atoms with Crippen LogP contribution in [-0.4, -0.2) is 13.0 Å². The van der Waals surface area contributed by atoms with E-state index >= 15 is 0 Å². The molecule has 0 aliphatic rings. The largest absolute Gasteiger partial charge is 0.497 e. The smallest absolute Gasteiger partial charge is 0.266 e. The van der Waals surface area contributed by atoms with Crippen molar-refractivity contribution < 1.29 is 9.53 Å². The summed E-state index contributed by atoms with van der Waals surface area (Å²) in [5, 5.41) is 14.6. The van der Waals surface area contributed by atoms with E-state index in [0.717, 1.165) is 22.1 Å². The number of methoxy groups -OCH3 is 1. The maximum atomic E-state index is 12.3. The Morgan fingerprint density at radius 3 is 2.46 bits per heavy atom. The molecule has 128 valence electrons. The van der Waals surface area contributed by atoms with Crippen molar-refractivity contribution in [3.8, 4) is 11.8 Å². The summed E-state index contributed by atoms with van der Waals surface area (Å²) in [6, 6.07) is 20.1. The van der Waals surface area contributed by atoms with Crippen molar-refractivity contribution in [2.75, 3.05) is 12.4 Å². The van der Waals surface area contributed by atoms with Gasteiger partial charge in [-0.2, -0.15) is 5.26 Å². The number of nitrogens with zero attached hydrogens (tertiary/aromatic N) is 1. The van der Waals surface area contributed by atoms with Crippen LogP contribution in [0, 0.1) is 11.3 Å². The standard InChI is InChI=1S/C21H15ClN2O2/c1-26-20-9-4-15-10-14(2-3-16(15)12-20)11-17(13-23)21(25)24-19-7-5-18(22)6-8-19/h2-12H,1H3,(H,24,25)/b17-11+. The summed E-state index contributed by atoms with van der Waals surface area (Å²) in [6.45, 7) is 0. The van der Waals surface area contributed by atoms with Gasteiger partial charge in [0.1, 0.15) is 17.4 Å². The van der Waals surface area contributed by atoms with Gasteiger partial charge in [0.2, 0.25) is 0 Å². The van der Waals surface area contributed by atoms with E-state index in [9.17, 15) is 10.1 Å². The van der Waals surface area contributed by atoms with Crippen molar-refractivity contribution in [3.05, 3.63) is 76.8 Å². The van der Waals surface area contributed by atoms with E-state index in [0.29, 0.717) is 10.7 Å². The third-order valence-corrected chi connectivity index (χ3v) is 4.10. The number of carbonyl (C=O) groups is 1. The third-order valence-electron chi connectivity index (χ3n) is 3.85. The summed E-state index contributed by atoms with van der Waals surface area (Å²) in [7, 11) is 1.62. The minimum absolute atomic E-state index is 0.0211. The third kappa shape index (κ3) is 4.02. The highest BCUT2D eigenvalue weighted by Gasteiger charge is 2.10. The molecule has 3 aromatic carbocycles. The minimum Gasteiger partial charge on any atom is -0.497 e. The first-order valence-corrected chi connectivity index (χ1v) is 8.23. The van der Waals surface area contributed by atoms with Gasteiger partial charge < -0.3 is 10.1 Å². The zero-order valence-electron chi connectivity index (χ0n) is 14.0. The maximum Gasteiger partial charge on any atom is 0.266 e. The van der Waals surface area contributed by atoms with Crippen LogP contribution in [-0.2, 0) is 4.79 Å². The second kappa shape index (κ2) is 7.73. The van der Waals surface area contributed by atoms with Gasteiger partial charge in [0.25, 0.3) is 5.91 Å². The van der Waals surface area contributed by atoms with Gasteiger partial charge in [0, 0.05) is 10.7 Å². The second-order valence-electron chi connectivity index (χ2n) is 5.60. The van der Waals surface area contributed by atoms with Crippen molar-refractivity contribution in [3.63, 3.8) is 0 Å². The number of hydrogen-bond donors (Lipinski definition) is 1. The molecule has 0 aromatic heterocycles. The van der Waals surface area contributed by atoms with Gasteiger partial charge in [-0.25, -0.2) is 0 Å². The SMILES string of the molecule is COc1ccc2cc(/C=C(\C#N)C(=O)Nc3ccc(Cl)cc3)ccc2c1. The fourth-order valence-corrected chi connectivity index (χ4v) is 2.63. The van der Waals surface area contributed by atoms with Gasteiger partial charge in [-0.1, -0.05) is 29.8 Å². The van der Waals surface area contributed by atoms with Gasteiger partial charge in [-0.05, 0) is 64.9 Å². The first kappa shape index (κ1) is 17.5. The molecule has 0 unspecified atom stereocenters. The van der Waals surface area contributed by atoms with E-state index < -0.39 is 5.91 Å². The van der Waals surface area contributed by atoms with Crippen LogP contribution in [0.1, 0.15) is 5.56 Å². The summed E-state index contributed by atoms with van der Waals surface area (Å²) in [6.07, 6.45) is 1.56. The average molecular weight is 363 g/mol. The second-order valence-corrected chi connectivity index (χ2v) is 6.04. The van der Waals surface area contributed by atoms with E-state index in [1.54, 1.807) is 37.5 Å². The minimum atomic E-state index is -0.468. The van der Waals surface area contributed by atoms with Crippen molar-refractivity contribution in [1.82, 2.24) is 0 Å². The molecular weight excluding hydrogens is 348 g/mol. The van der Waals surface area contributed by atoms with Gasteiger partial charge in [0.15, 0.2) is 0 Å². The number of amides is 1. The summed E-state index contributed by atoms with van der Waals surface area (Å²) in [4.78, 5) is 12.3. The average Bonchev–Trinajstić information content (AvgIpc) is 2.67. The zero-order valence-corrected chi connectivity index (χ0v) is 14.7. The number of carbonyl (C=O) groups excluding carboxylic acids is 1.